The van der Waals surface area contributed by atoms with Crippen molar-refractivity contribution in [3.05, 3.63) is 21.1 Å². The summed E-state index contributed by atoms with van der Waals surface area (Å²) < 4.78 is 1.85. The topological polar surface area (TPSA) is 25.8 Å². The minimum absolute atomic E-state index is 0.537. The molecule has 0 aliphatic rings. The predicted molar refractivity (Wildman–Crippen MR) is 66.0 cm³/mol. The van der Waals surface area contributed by atoms with E-state index in [0.717, 1.165) is 8.68 Å². The van der Waals surface area contributed by atoms with E-state index < -0.39 is 0 Å². The maximum absolute atomic E-state index is 5.69. The fourth-order valence-corrected chi connectivity index (χ4v) is 5.05. The van der Waals surface area contributed by atoms with E-state index in [-0.39, 0.29) is 0 Å². The highest BCUT2D eigenvalue weighted by Crippen LogP contribution is 2.40. The third-order valence-electron chi connectivity index (χ3n) is 1.09. The van der Waals surface area contributed by atoms with Crippen molar-refractivity contribution in [2.24, 2.45) is 0 Å². The molecule has 0 saturated carbocycles. The molecule has 0 aliphatic heterocycles. The van der Waals surface area contributed by atoms with Gasteiger partial charge >= 0.3 is 0 Å². The third kappa shape index (κ3) is 3.01. The van der Waals surface area contributed by atoms with Crippen molar-refractivity contribution in [1.29, 1.82) is 0 Å². The summed E-state index contributed by atoms with van der Waals surface area (Å²) in [5.74, 6) is 0. The van der Waals surface area contributed by atoms with Crippen LogP contribution in [0.4, 0.5) is 0 Å². The summed E-state index contributed by atoms with van der Waals surface area (Å²) in [5, 5.41) is 4.68. The number of hydrogen-bond donors (Lipinski definition) is 0. The van der Waals surface area contributed by atoms with Crippen LogP contribution in [-0.4, -0.2) is 9.97 Å². The van der Waals surface area contributed by atoms with E-state index in [9.17, 15) is 0 Å². The molecule has 2 heterocycles. The van der Waals surface area contributed by atoms with Crippen LogP contribution in [0.25, 0.3) is 0 Å². The average Bonchev–Trinajstić information content (AvgIpc) is 2.72. The zero-order valence-electron chi connectivity index (χ0n) is 6.44. The summed E-state index contributed by atoms with van der Waals surface area (Å²) >= 11 is 14.4. The standard InChI is InChI=1S/C6H2Cl2N2S4/c7-3-1-11-5(9-3)13-14-6-10-4(8)2-12-6/h1-2H. The lowest BCUT2D eigenvalue weighted by atomic mass is 11.0. The minimum atomic E-state index is 0.537. The highest BCUT2D eigenvalue weighted by atomic mass is 35.5. The zero-order valence-corrected chi connectivity index (χ0v) is 11.2. The van der Waals surface area contributed by atoms with Crippen LogP contribution in [0.2, 0.25) is 10.3 Å². The normalized spacial score (nSPS) is 10.7. The van der Waals surface area contributed by atoms with E-state index in [1.54, 1.807) is 10.8 Å². The first kappa shape index (κ1) is 11.0. The molecule has 0 aromatic carbocycles. The lowest BCUT2D eigenvalue weighted by Gasteiger charge is -1.90. The van der Waals surface area contributed by atoms with Crippen LogP contribution in [0.3, 0.4) is 0 Å². The smallest absolute Gasteiger partial charge is 0.162 e. The number of hydrogen-bond acceptors (Lipinski definition) is 6. The number of halogens is 2. The summed E-state index contributed by atoms with van der Waals surface area (Å²) in [6.45, 7) is 0. The molecule has 0 saturated heterocycles. The second kappa shape index (κ2) is 5.05. The van der Waals surface area contributed by atoms with Crippen molar-refractivity contribution >= 4 is 67.5 Å². The molecule has 2 nitrogen and oxygen atoms in total. The molecule has 0 unspecified atom stereocenters. The molecule has 8 heteroatoms. The zero-order chi connectivity index (χ0) is 9.97. The maximum Gasteiger partial charge on any atom is 0.162 e. The number of thiazole rings is 2. The van der Waals surface area contributed by atoms with Crippen molar-refractivity contribution < 1.29 is 0 Å². The van der Waals surface area contributed by atoms with Gasteiger partial charge in [-0.05, 0) is 21.6 Å². The van der Waals surface area contributed by atoms with E-state index in [1.807, 2.05) is 0 Å². The third-order valence-corrected chi connectivity index (χ3v) is 6.47. The SMILES string of the molecule is Clc1csc(SSc2nc(Cl)cs2)n1. The molecule has 74 valence electrons. The Labute approximate surface area is 106 Å². The van der Waals surface area contributed by atoms with Gasteiger partial charge in [0.15, 0.2) is 8.68 Å². The van der Waals surface area contributed by atoms with Crippen LogP contribution in [0.5, 0.6) is 0 Å². The summed E-state index contributed by atoms with van der Waals surface area (Å²) in [5.41, 5.74) is 0. The highest BCUT2D eigenvalue weighted by molar-refractivity contribution is 8.77. The lowest BCUT2D eigenvalue weighted by Crippen LogP contribution is -1.65. The first-order valence-corrected chi connectivity index (χ1v) is 7.97. The van der Waals surface area contributed by atoms with Gasteiger partial charge in [0.1, 0.15) is 10.3 Å². The average molecular weight is 301 g/mol. The van der Waals surface area contributed by atoms with Gasteiger partial charge in [-0.2, -0.15) is 0 Å². The van der Waals surface area contributed by atoms with E-state index in [0.29, 0.717) is 10.3 Å². The number of rotatable bonds is 3. The van der Waals surface area contributed by atoms with E-state index >= 15 is 0 Å². The van der Waals surface area contributed by atoms with Crippen LogP contribution in [0, 0.1) is 0 Å². The molecular formula is C6H2Cl2N2S4. The van der Waals surface area contributed by atoms with Gasteiger partial charge in [0, 0.05) is 10.8 Å². The van der Waals surface area contributed by atoms with Crippen LogP contribution in [-0.2, 0) is 0 Å². The Morgan fingerprint density at radius 1 is 0.929 bits per heavy atom. The Balaban J connectivity index is 1.94. The molecule has 0 bridgehead atoms. The Morgan fingerprint density at radius 3 is 1.64 bits per heavy atom. The summed E-state index contributed by atoms with van der Waals surface area (Å²) in [6.07, 6.45) is 0. The van der Waals surface area contributed by atoms with Gasteiger partial charge in [0.25, 0.3) is 0 Å². The molecule has 0 aliphatic carbocycles. The second-order valence-corrected chi connectivity index (χ2v) is 7.15. The first-order valence-electron chi connectivity index (χ1n) is 3.30. The predicted octanol–water partition coefficient (Wildman–Crippen LogP) is 4.71. The van der Waals surface area contributed by atoms with Crippen LogP contribution in [0.1, 0.15) is 0 Å². The molecule has 0 atom stereocenters. The summed E-state index contributed by atoms with van der Waals surface area (Å²) in [4.78, 5) is 8.20. The quantitative estimate of drug-likeness (QED) is 0.767. The maximum atomic E-state index is 5.69. The Kier molecular flexibility index (Phi) is 3.98. The molecule has 0 fully saturated rings. The van der Waals surface area contributed by atoms with Gasteiger partial charge in [0.05, 0.1) is 0 Å². The van der Waals surface area contributed by atoms with Gasteiger partial charge in [-0.25, -0.2) is 9.97 Å². The molecular weight excluding hydrogens is 299 g/mol. The molecule has 14 heavy (non-hydrogen) atoms. The van der Waals surface area contributed by atoms with Crippen LogP contribution in [0.15, 0.2) is 19.4 Å². The molecule has 0 amide bonds. The molecule has 0 spiro atoms. The van der Waals surface area contributed by atoms with E-state index in [1.165, 1.54) is 44.3 Å². The molecule has 2 aromatic heterocycles. The summed E-state index contributed by atoms with van der Waals surface area (Å²) in [6, 6.07) is 0. The molecule has 0 N–H and O–H groups in total. The Bertz CT molecular complexity index is 387. The Hall–Kier alpha value is 0.540. The highest BCUT2D eigenvalue weighted by Gasteiger charge is 2.05. The number of aromatic nitrogens is 2. The lowest BCUT2D eigenvalue weighted by molar-refractivity contribution is 1.25. The molecule has 0 radical (unpaired) electrons. The van der Waals surface area contributed by atoms with Gasteiger partial charge in [-0.1, -0.05) is 23.2 Å². The van der Waals surface area contributed by atoms with Crippen molar-refractivity contribution in [1.82, 2.24) is 9.97 Å². The van der Waals surface area contributed by atoms with Crippen molar-refractivity contribution in [2.45, 2.75) is 8.68 Å². The van der Waals surface area contributed by atoms with Crippen molar-refractivity contribution in [3.63, 3.8) is 0 Å². The largest absolute Gasteiger partial charge is 0.217 e. The van der Waals surface area contributed by atoms with Crippen LogP contribution < -0.4 is 0 Å². The molecule has 2 aromatic rings. The fourth-order valence-electron chi connectivity index (χ4n) is 0.626. The van der Waals surface area contributed by atoms with E-state index in [4.69, 9.17) is 23.2 Å². The van der Waals surface area contributed by atoms with Crippen molar-refractivity contribution in [2.75, 3.05) is 0 Å². The Morgan fingerprint density at radius 2 is 1.36 bits per heavy atom. The van der Waals surface area contributed by atoms with Gasteiger partial charge in [0.2, 0.25) is 0 Å². The summed E-state index contributed by atoms with van der Waals surface area (Å²) in [7, 11) is 3.07. The second-order valence-electron chi connectivity index (χ2n) is 2.04. The van der Waals surface area contributed by atoms with Crippen LogP contribution >= 0.6 is 67.5 Å². The fraction of sp³-hybridized carbons (Fsp3) is 0. The molecule has 2 rings (SSSR count). The van der Waals surface area contributed by atoms with E-state index in [2.05, 4.69) is 9.97 Å². The van der Waals surface area contributed by atoms with Gasteiger partial charge in [-0.15, -0.1) is 22.7 Å². The first-order chi connectivity index (χ1) is 6.74. The van der Waals surface area contributed by atoms with Crippen molar-refractivity contribution in [3.8, 4) is 0 Å². The number of nitrogens with zero attached hydrogens (tertiary/aromatic N) is 2. The minimum Gasteiger partial charge on any atom is -0.217 e. The van der Waals surface area contributed by atoms with Gasteiger partial charge in [-0.3, -0.25) is 0 Å². The van der Waals surface area contributed by atoms with Gasteiger partial charge < -0.3 is 0 Å². The monoisotopic (exact) mass is 300 g/mol.